The summed E-state index contributed by atoms with van der Waals surface area (Å²) in [6.45, 7) is 1.82. The fraction of sp³-hybridized carbons (Fsp3) is 0.0556. The number of nitrogens with zero attached hydrogens (tertiary/aromatic N) is 2. The zero-order valence-corrected chi connectivity index (χ0v) is 11.7. The molecule has 2 aromatic carbocycles. The summed E-state index contributed by atoms with van der Waals surface area (Å²) >= 11 is 0. The van der Waals surface area contributed by atoms with E-state index >= 15 is 0 Å². The van der Waals surface area contributed by atoms with E-state index in [4.69, 9.17) is 0 Å². The standard InChI is InChI=1S/C18H14N2O/c1-13-19-12-16(18(21)15-10-6-3-7-11-15)17(20-13)14-8-4-2-5-9-14/h2-12H,1H3. The van der Waals surface area contributed by atoms with Gasteiger partial charge in [0.15, 0.2) is 5.78 Å². The molecule has 3 nitrogen and oxygen atoms in total. The molecule has 0 unspecified atom stereocenters. The zero-order chi connectivity index (χ0) is 14.7. The molecule has 0 spiro atoms. The van der Waals surface area contributed by atoms with Crippen molar-refractivity contribution in [1.82, 2.24) is 9.97 Å². The molecule has 102 valence electrons. The average Bonchev–Trinajstić information content (AvgIpc) is 2.56. The second-order valence-electron chi connectivity index (χ2n) is 4.74. The van der Waals surface area contributed by atoms with Crippen molar-refractivity contribution in [2.75, 3.05) is 0 Å². The number of benzene rings is 2. The molecule has 0 aliphatic rings. The molecule has 0 amide bonds. The Morgan fingerprint density at radius 1 is 0.905 bits per heavy atom. The maximum absolute atomic E-state index is 12.7. The van der Waals surface area contributed by atoms with E-state index in [1.807, 2.05) is 55.5 Å². The summed E-state index contributed by atoms with van der Waals surface area (Å²) < 4.78 is 0. The molecule has 0 saturated heterocycles. The summed E-state index contributed by atoms with van der Waals surface area (Å²) in [5, 5.41) is 0. The summed E-state index contributed by atoms with van der Waals surface area (Å²) in [6.07, 6.45) is 1.61. The lowest BCUT2D eigenvalue weighted by molar-refractivity contribution is 0.103. The van der Waals surface area contributed by atoms with Crippen molar-refractivity contribution in [1.29, 1.82) is 0 Å². The lowest BCUT2D eigenvalue weighted by atomic mass is 9.99. The Morgan fingerprint density at radius 2 is 1.52 bits per heavy atom. The Labute approximate surface area is 123 Å². The van der Waals surface area contributed by atoms with Gasteiger partial charge in [-0.25, -0.2) is 9.97 Å². The highest BCUT2D eigenvalue weighted by molar-refractivity contribution is 6.12. The van der Waals surface area contributed by atoms with Crippen LogP contribution in [0.4, 0.5) is 0 Å². The topological polar surface area (TPSA) is 42.9 Å². The monoisotopic (exact) mass is 274 g/mol. The Kier molecular flexibility index (Phi) is 3.56. The molecule has 0 N–H and O–H groups in total. The molecule has 0 aliphatic carbocycles. The van der Waals surface area contributed by atoms with Gasteiger partial charge in [-0.1, -0.05) is 60.7 Å². The molecule has 0 fully saturated rings. The van der Waals surface area contributed by atoms with E-state index in [9.17, 15) is 4.79 Å². The molecule has 0 radical (unpaired) electrons. The van der Waals surface area contributed by atoms with Gasteiger partial charge < -0.3 is 0 Å². The third-order valence-corrected chi connectivity index (χ3v) is 3.24. The summed E-state index contributed by atoms with van der Waals surface area (Å²) in [7, 11) is 0. The van der Waals surface area contributed by atoms with Crippen LogP contribution in [-0.2, 0) is 0 Å². The average molecular weight is 274 g/mol. The minimum atomic E-state index is -0.0607. The van der Waals surface area contributed by atoms with Crippen LogP contribution in [0.5, 0.6) is 0 Å². The molecule has 1 aromatic heterocycles. The summed E-state index contributed by atoms with van der Waals surface area (Å²) in [4.78, 5) is 21.3. The van der Waals surface area contributed by atoms with E-state index in [-0.39, 0.29) is 5.78 Å². The van der Waals surface area contributed by atoms with Crippen molar-refractivity contribution in [2.45, 2.75) is 6.92 Å². The molecule has 0 aliphatic heterocycles. The van der Waals surface area contributed by atoms with Crippen molar-refractivity contribution in [3.8, 4) is 11.3 Å². The Balaban J connectivity index is 2.14. The third-order valence-electron chi connectivity index (χ3n) is 3.24. The van der Waals surface area contributed by atoms with Gasteiger partial charge in [-0.3, -0.25) is 4.79 Å². The highest BCUT2D eigenvalue weighted by atomic mass is 16.1. The quantitative estimate of drug-likeness (QED) is 0.684. The Morgan fingerprint density at radius 3 is 2.19 bits per heavy atom. The summed E-state index contributed by atoms with van der Waals surface area (Å²) in [5.41, 5.74) is 2.76. The van der Waals surface area contributed by atoms with Crippen molar-refractivity contribution < 1.29 is 4.79 Å². The maximum Gasteiger partial charge on any atom is 0.196 e. The number of carbonyl (C=O) groups excluding carboxylic acids is 1. The third kappa shape index (κ3) is 2.72. The van der Waals surface area contributed by atoms with Crippen LogP contribution >= 0.6 is 0 Å². The van der Waals surface area contributed by atoms with Gasteiger partial charge in [-0.05, 0) is 6.92 Å². The highest BCUT2D eigenvalue weighted by Crippen LogP contribution is 2.23. The first-order valence-corrected chi connectivity index (χ1v) is 6.74. The lowest BCUT2D eigenvalue weighted by Gasteiger charge is -2.08. The molecule has 0 bridgehead atoms. The van der Waals surface area contributed by atoms with Crippen LogP contribution in [0.2, 0.25) is 0 Å². The minimum Gasteiger partial charge on any atom is -0.288 e. The van der Waals surface area contributed by atoms with Gasteiger partial charge in [0.05, 0.1) is 11.3 Å². The van der Waals surface area contributed by atoms with Gasteiger partial charge in [0, 0.05) is 17.3 Å². The molecular formula is C18H14N2O. The van der Waals surface area contributed by atoms with Crippen molar-refractivity contribution in [3.63, 3.8) is 0 Å². The van der Waals surface area contributed by atoms with Crippen molar-refractivity contribution in [2.24, 2.45) is 0 Å². The first kappa shape index (κ1) is 13.2. The fourth-order valence-electron chi connectivity index (χ4n) is 2.20. The number of hydrogen-bond donors (Lipinski definition) is 0. The smallest absolute Gasteiger partial charge is 0.196 e. The van der Waals surface area contributed by atoms with Crippen LogP contribution in [0.3, 0.4) is 0 Å². The van der Waals surface area contributed by atoms with Crippen LogP contribution in [0.15, 0.2) is 66.9 Å². The van der Waals surface area contributed by atoms with Crippen molar-refractivity contribution in [3.05, 3.63) is 83.8 Å². The van der Waals surface area contributed by atoms with Gasteiger partial charge in [-0.2, -0.15) is 0 Å². The van der Waals surface area contributed by atoms with Gasteiger partial charge in [0.25, 0.3) is 0 Å². The molecule has 21 heavy (non-hydrogen) atoms. The van der Waals surface area contributed by atoms with Crippen molar-refractivity contribution >= 4 is 5.78 Å². The Hall–Kier alpha value is -2.81. The predicted octanol–water partition coefficient (Wildman–Crippen LogP) is 3.68. The van der Waals surface area contributed by atoms with E-state index in [0.717, 1.165) is 5.56 Å². The highest BCUT2D eigenvalue weighted by Gasteiger charge is 2.16. The number of aromatic nitrogens is 2. The van der Waals surface area contributed by atoms with Gasteiger partial charge in [0.1, 0.15) is 5.82 Å². The van der Waals surface area contributed by atoms with E-state index in [1.165, 1.54) is 0 Å². The number of aryl methyl sites for hydroxylation is 1. The molecular weight excluding hydrogens is 260 g/mol. The molecule has 0 atom stereocenters. The van der Waals surface area contributed by atoms with Gasteiger partial charge >= 0.3 is 0 Å². The van der Waals surface area contributed by atoms with E-state index in [0.29, 0.717) is 22.6 Å². The molecule has 0 saturated carbocycles. The normalized spacial score (nSPS) is 10.3. The van der Waals surface area contributed by atoms with E-state index in [1.54, 1.807) is 18.3 Å². The first-order valence-electron chi connectivity index (χ1n) is 6.74. The van der Waals surface area contributed by atoms with Crippen LogP contribution in [-0.4, -0.2) is 15.8 Å². The van der Waals surface area contributed by atoms with E-state index in [2.05, 4.69) is 9.97 Å². The number of rotatable bonds is 3. The van der Waals surface area contributed by atoms with Crippen LogP contribution in [0, 0.1) is 6.92 Å². The van der Waals surface area contributed by atoms with Gasteiger partial charge in [0.2, 0.25) is 0 Å². The second kappa shape index (κ2) is 5.67. The second-order valence-corrected chi connectivity index (χ2v) is 4.74. The van der Waals surface area contributed by atoms with E-state index < -0.39 is 0 Å². The minimum absolute atomic E-state index is 0.0607. The molecule has 3 heteroatoms. The number of carbonyl (C=O) groups is 1. The Bertz CT molecular complexity index is 768. The number of ketones is 1. The fourth-order valence-corrected chi connectivity index (χ4v) is 2.20. The SMILES string of the molecule is Cc1ncc(C(=O)c2ccccc2)c(-c2ccccc2)n1. The first-order chi connectivity index (χ1) is 10.3. The molecule has 1 heterocycles. The van der Waals surface area contributed by atoms with Gasteiger partial charge in [-0.15, -0.1) is 0 Å². The lowest BCUT2D eigenvalue weighted by Crippen LogP contribution is -2.07. The largest absolute Gasteiger partial charge is 0.288 e. The maximum atomic E-state index is 12.7. The zero-order valence-electron chi connectivity index (χ0n) is 11.7. The summed E-state index contributed by atoms with van der Waals surface area (Å²) in [6, 6.07) is 18.9. The summed E-state index contributed by atoms with van der Waals surface area (Å²) in [5.74, 6) is 0.591. The van der Waals surface area contributed by atoms with Crippen LogP contribution in [0.1, 0.15) is 21.7 Å². The number of hydrogen-bond acceptors (Lipinski definition) is 3. The van der Waals surface area contributed by atoms with Crippen LogP contribution in [0.25, 0.3) is 11.3 Å². The van der Waals surface area contributed by atoms with Crippen LogP contribution < -0.4 is 0 Å². The molecule has 3 aromatic rings. The molecule has 3 rings (SSSR count). The predicted molar refractivity (Wildman–Crippen MR) is 82.1 cm³/mol.